The topological polar surface area (TPSA) is 161 Å². The molecule has 2 aromatic carbocycles. The quantitative estimate of drug-likeness (QED) is 0.203. The van der Waals surface area contributed by atoms with Crippen molar-refractivity contribution in [3.8, 4) is 23.3 Å². The van der Waals surface area contributed by atoms with E-state index < -0.39 is 24.5 Å². The number of phenols is 1. The number of phenolic OH excluding ortho intramolecular Hbond substituents is 1. The molecule has 0 saturated heterocycles. The highest BCUT2D eigenvalue weighted by atomic mass is 16.5. The average Bonchev–Trinajstić information content (AvgIpc) is 3.62. The summed E-state index contributed by atoms with van der Waals surface area (Å²) >= 11 is 0. The van der Waals surface area contributed by atoms with Gasteiger partial charge >= 0.3 is 0 Å². The first-order chi connectivity index (χ1) is 22.7. The molecular formula is C37H44N4O6. The third-order valence-corrected chi connectivity index (χ3v) is 9.39. The number of aliphatic imine (C=N–C) groups is 1. The van der Waals surface area contributed by atoms with Gasteiger partial charge in [-0.2, -0.15) is 0 Å². The molecule has 0 spiro atoms. The van der Waals surface area contributed by atoms with Crippen molar-refractivity contribution in [1.29, 1.82) is 0 Å². The number of ether oxygens (including phenoxy) is 1. The Morgan fingerprint density at radius 2 is 2.02 bits per heavy atom. The molecule has 10 heteroatoms. The maximum atomic E-state index is 12.6. The summed E-state index contributed by atoms with van der Waals surface area (Å²) in [5.41, 5.74) is 14.2. The first kappa shape index (κ1) is 32.9. The zero-order valence-electron chi connectivity index (χ0n) is 26.8. The van der Waals surface area contributed by atoms with Gasteiger partial charge < -0.3 is 35.8 Å². The Balaban J connectivity index is 1.19. The zero-order chi connectivity index (χ0) is 33.1. The lowest BCUT2D eigenvalue weighted by molar-refractivity contribution is -0.121. The molecule has 0 radical (unpaired) electrons. The van der Waals surface area contributed by atoms with Crippen LogP contribution in [0.1, 0.15) is 85.5 Å². The van der Waals surface area contributed by atoms with Gasteiger partial charge in [0.05, 0.1) is 37.1 Å². The van der Waals surface area contributed by atoms with Crippen LogP contribution >= 0.6 is 0 Å². The van der Waals surface area contributed by atoms with E-state index in [9.17, 15) is 25.2 Å². The van der Waals surface area contributed by atoms with Gasteiger partial charge in [0, 0.05) is 43.8 Å². The fraction of sp³-hybridized carbons (Fsp3) is 0.459. The molecule has 0 saturated carbocycles. The molecule has 0 aliphatic carbocycles. The summed E-state index contributed by atoms with van der Waals surface area (Å²) in [7, 11) is 0. The molecule has 0 amide bonds. The van der Waals surface area contributed by atoms with Crippen molar-refractivity contribution < 1.29 is 30.0 Å². The Hall–Kier alpha value is -3.98. The van der Waals surface area contributed by atoms with Crippen LogP contribution in [-0.2, 0) is 24.1 Å². The van der Waals surface area contributed by atoms with Crippen LogP contribution in [0.3, 0.4) is 0 Å². The maximum Gasteiger partial charge on any atom is 0.183 e. The molecule has 7 N–H and O–H groups in total. The molecule has 248 valence electrons. The minimum absolute atomic E-state index is 0.00352. The number of carbonyl (C=O) groups is 1. The summed E-state index contributed by atoms with van der Waals surface area (Å²) in [5, 5.41) is 45.5. The molecule has 4 heterocycles. The van der Waals surface area contributed by atoms with E-state index in [2.05, 4.69) is 17.2 Å². The van der Waals surface area contributed by atoms with E-state index in [-0.39, 0.29) is 49.1 Å². The van der Waals surface area contributed by atoms with Crippen molar-refractivity contribution in [2.45, 2.75) is 95.4 Å². The van der Waals surface area contributed by atoms with Crippen LogP contribution in [0.15, 0.2) is 58.9 Å². The van der Waals surface area contributed by atoms with Crippen molar-refractivity contribution in [1.82, 2.24) is 10.2 Å². The Morgan fingerprint density at radius 3 is 2.85 bits per heavy atom. The highest BCUT2D eigenvalue weighted by Gasteiger charge is 2.33. The number of aryl methyl sites for hydroxylation is 1. The molecular weight excluding hydrogens is 596 g/mol. The van der Waals surface area contributed by atoms with E-state index in [1.54, 1.807) is 18.2 Å². The van der Waals surface area contributed by atoms with Gasteiger partial charge in [0.1, 0.15) is 11.9 Å². The summed E-state index contributed by atoms with van der Waals surface area (Å²) in [4.78, 5) is 19.3. The predicted octanol–water partition coefficient (Wildman–Crippen LogP) is 3.23. The molecule has 0 aromatic heterocycles. The van der Waals surface area contributed by atoms with Gasteiger partial charge in [0.2, 0.25) is 0 Å². The minimum atomic E-state index is -0.992. The molecule has 2 bridgehead atoms. The number of aliphatic hydroxyl groups excluding tert-OH is 3. The Morgan fingerprint density at radius 1 is 1.19 bits per heavy atom. The SMILES string of the molecule is CCC[C@H](O)C[C@@H](O)CC(=O)CCc1ccc(O)c(O[C@@H]2CC#C[C@H](O)c3ccc4c(c3CC3=CN=C5CN2C=C35)CCN[C@H]4N)c1. The lowest BCUT2D eigenvalue weighted by atomic mass is 9.84. The van der Waals surface area contributed by atoms with Gasteiger partial charge in [-0.1, -0.05) is 43.4 Å². The van der Waals surface area contributed by atoms with E-state index in [0.717, 1.165) is 64.1 Å². The van der Waals surface area contributed by atoms with Crippen LogP contribution in [0.25, 0.3) is 0 Å². The molecule has 47 heavy (non-hydrogen) atoms. The largest absolute Gasteiger partial charge is 0.504 e. The Kier molecular flexibility index (Phi) is 10.1. The summed E-state index contributed by atoms with van der Waals surface area (Å²) in [6.07, 6.45) is 4.56. The summed E-state index contributed by atoms with van der Waals surface area (Å²) in [6.45, 7) is 3.24. The fourth-order valence-corrected chi connectivity index (χ4v) is 6.91. The molecule has 4 aliphatic rings. The van der Waals surface area contributed by atoms with E-state index in [1.165, 1.54) is 0 Å². The predicted molar refractivity (Wildman–Crippen MR) is 178 cm³/mol. The van der Waals surface area contributed by atoms with Crippen LogP contribution in [0, 0.1) is 11.8 Å². The van der Waals surface area contributed by atoms with Gasteiger partial charge in [-0.05, 0) is 71.2 Å². The molecule has 10 nitrogen and oxygen atoms in total. The van der Waals surface area contributed by atoms with E-state index in [4.69, 9.17) is 15.5 Å². The number of nitrogens with one attached hydrogen (secondary N) is 1. The first-order valence-corrected chi connectivity index (χ1v) is 16.6. The fourth-order valence-electron chi connectivity index (χ4n) is 6.91. The lowest BCUT2D eigenvalue weighted by Gasteiger charge is -2.29. The standard InChI is InChI=1S/C37H44N4O6/c1-2-4-24(42)17-26(44)18-25(43)9-7-22-8-12-34(46)35(15-22)47-36-6-3-5-33(45)28-10-11-29-27(13-14-39-37(29)38)30(28)16-23-19-40-32-21-41(36)20-31(23)32/h8,10-12,15,19-20,24,26,33,36-37,39,42,44-46H,2,4,6-7,9,13-14,16-18,21,38H2,1H3/t24-,26+,33-,36+,37+/m0/s1. The average molecular weight is 641 g/mol. The molecule has 2 aromatic rings. The second kappa shape index (κ2) is 14.4. The van der Waals surface area contributed by atoms with Gasteiger partial charge in [0.25, 0.3) is 0 Å². The van der Waals surface area contributed by atoms with Crippen LogP contribution in [-0.4, -0.2) is 68.3 Å². The van der Waals surface area contributed by atoms with Crippen molar-refractivity contribution >= 4 is 11.5 Å². The maximum absolute atomic E-state index is 12.6. The first-order valence-electron chi connectivity index (χ1n) is 16.6. The normalized spacial score (nSPS) is 22.7. The van der Waals surface area contributed by atoms with Crippen LogP contribution in [0.4, 0.5) is 0 Å². The van der Waals surface area contributed by atoms with Gasteiger partial charge in [-0.25, -0.2) is 0 Å². The number of fused-ring (bicyclic) bond motifs is 4. The van der Waals surface area contributed by atoms with E-state index in [0.29, 0.717) is 25.8 Å². The zero-order valence-corrected chi connectivity index (χ0v) is 26.8. The smallest absolute Gasteiger partial charge is 0.183 e. The van der Waals surface area contributed by atoms with Gasteiger partial charge in [0.15, 0.2) is 17.7 Å². The highest BCUT2D eigenvalue weighted by Crippen LogP contribution is 2.37. The highest BCUT2D eigenvalue weighted by molar-refractivity contribution is 6.09. The molecule has 0 unspecified atom stereocenters. The number of aromatic hydroxyl groups is 1. The summed E-state index contributed by atoms with van der Waals surface area (Å²) in [5.74, 6) is 6.32. The number of rotatable bonds is 11. The number of nitrogens with two attached hydrogens (primary N) is 1. The van der Waals surface area contributed by atoms with Crippen LogP contribution in [0.5, 0.6) is 11.5 Å². The Labute approximate surface area is 275 Å². The third-order valence-electron chi connectivity index (χ3n) is 9.39. The number of carbonyl (C=O) groups excluding carboxylic acids is 1. The van der Waals surface area contributed by atoms with Crippen molar-refractivity contribution in [2.75, 3.05) is 13.1 Å². The minimum Gasteiger partial charge on any atom is -0.504 e. The second-order valence-corrected chi connectivity index (χ2v) is 12.9. The third kappa shape index (κ3) is 7.45. The van der Waals surface area contributed by atoms with Crippen molar-refractivity contribution in [3.63, 3.8) is 0 Å². The molecule has 5 atom stereocenters. The van der Waals surface area contributed by atoms with Gasteiger partial charge in [-0.15, -0.1) is 0 Å². The summed E-state index contributed by atoms with van der Waals surface area (Å²) < 4.78 is 6.40. The number of aliphatic hydroxyl groups is 3. The monoisotopic (exact) mass is 640 g/mol. The molecule has 4 aliphatic heterocycles. The number of allylic oxidation sites excluding steroid dienone is 1. The number of ketones is 1. The second-order valence-electron chi connectivity index (χ2n) is 12.9. The molecule has 6 rings (SSSR count). The van der Waals surface area contributed by atoms with Crippen LogP contribution < -0.4 is 15.8 Å². The Bertz CT molecular complexity index is 1670. The number of Topliss-reactive ketones (excluding diaryl/α,β-unsaturated/α-hetero) is 1. The van der Waals surface area contributed by atoms with Crippen molar-refractivity contribution in [2.24, 2.45) is 10.7 Å². The lowest BCUT2D eigenvalue weighted by Crippen LogP contribution is -2.36. The number of benzene rings is 2. The van der Waals surface area contributed by atoms with Crippen LogP contribution in [0.2, 0.25) is 0 Å². The number of nitrogens with zero attached hydrogens (tertiary/aromatic N) is 2. The summed E-state index contributed by atoms with van der Waals surface area (Å²) in [6, 6.07) is 8.95. The van der Waals surface area contributed by atoms with E-state index in [1.807, 2.05) is 36.4 Å². The number of hydrogen-bond acceptors (Lipinski definition) is 10. The van der Waals surface area contributed by atoms with Gasteiger partial charge in [-0.3, -0.25) is 15.1 Å². The molecule has 0 fully saturated rings. The number of hydrogen-bond donors (Lipinski definition) is 6. The van der Waals surface area contributed by atoms with E-state index >= 15 is 0 Å². The van der Waals surface area contributed by atoms with Crippen molar-refractivity contribution in [3.05, 3.63) is 81.7 Å².